The number of benzene rings is 1. The van der Waals surface area contributed by atoms with E-state index < -0.39 is 0 Å². The fourth-order valence-electron chi connectivity index (χ4n) is 4.88. The Kier molecular flexibility index (Phi) is 7.03. The third-order valence-electron chi connectivity index (χ3n) is 6.89. The highest BCUT2D eigenvalue weighted by molar-refractivity contribution is 5.75. The lowest BCUT2D eigenvalue weighted by Gasteiger charge is -2.39. The van der Waals surface area contributed by atoms with Crippen molar-refractivity contribution < 1.29 is 9.53 Å². The molecule has 2 amide bonds. The van der Waals surface area contributed by atoms with Crippen LogP contribution in [-0.4, -0.2) is 85.2 Å². The van der Waals surface area contributed by atoms with Crippen molar-refractivity contribution in [2.24, 2.45) is 0 Å². The predicted octanol–water partition coefficient (Wildman–Crippen LogP) is 3.67. The summed E-state index contributed by atoms with van der Waals surface area (Å²) >= 11 is 0. The topological polar surface area (TPSA) is 39.3 Å². The molecular weight excluding hydrogens is 376 g/mol. The quantitative estimate of drug-likeness (QED) is 0.754. The minimum absolute atomic E-state index is 0.238. The molecule has 4 rings (SSSR count). The van der Waals surface area contributed by atoms with Crippen LogP contribution in [0.5, 0.6) is 5.75 Å². The molecule has 3 saturated heterocycles. The van der Waals surface area contributed by atoms with Crippen LogP contribution in [-0.2, 0) is 0 Å². The van der Waals surface area contributed by atoms with E-state index >= 15 is 0 Å². The second-order valence-electron chi connectivity index (χ2n) is 9.25. The smallest absolute Gasteiger partial charge is 0.320 e. The van der Waals surface area contributed by atoms with Gasteiger partial charge in [-0.15, -0.1) is 0 Å². The molecule has 30 heavy (non-hydrogen) atoms. The molecule has 0 radical (unpaired) electrons. The average molecular weight is 415 g/mol. The van der Waals surface area contributed by atoms with Crippen LogP contribution in [0.1, 0.15) is 46.0 Å². The van der Waals surface area contributed by atoms with Gasteiger partial charge in [-0.1, -0.05) is 0 Å². The Morgan fingerprint density at radius 3 is 2.03 bits per heavy atom. The highest BCUT2D eigenvalue weighted by atomic mass is 16.5. The summed E-state index contributed by atoms with van der Waals surface area (Å²) < 4.78 is 6.24. The van der Waals surface area contributed by atoms with E-state index in [0.717, 1.165) is 83.8 Å². The first-order chi connectivity index (χ1) is 14.6. The van der Waals surface area contributed by atoms with Crippen molar-refractivity contribution in [1.82, 2.24) is 14.7 Å². The zero-order chi connectivity index (χ0) is 20.9. The van der Waals surface area contributed by atoms with Gasteiger partial charge in [0.1, 0.15) is 11.9 Å². The number of carbonyl (C=O) groups excluding carboxylic acids is 1. The van der Waals surface area contributed by atoms with Crippen molar-refractivity contribution >= 4 is 11.7 Å². The summed E-state index contributed by atoms with van der Waals surface area (Å²) in [5, 5.41) is 0. The number of piperidine rings is 2. The lowest BCUT2D eigenvalue weighted by molar-refractivity contribution is 0.0843. The first-order valence-electron chi connectivity index (χ1n) is 11.9. The Morgan fingerprint density at radius 1 is 0.833 bits per heavy atom. The number of carbonyl (C=O) groups is 1. The molecule has 3 aliphatic rings. The lowest BCUT2D eigenvalue weighted by atomic mass is 10.1. The summed E-state index contributed by atoms with van der Waals surface area (Å²) in [7, 11) is 0. The van der Waals surface area contributed by atoms with Gasteiger partial charge in [0, 0.05) is 64.1 Å². The number of anilines is 1. The van der Waals surface area contributed by atoms with E-state index in [4.69, 9.17) is 4.74 Å². The standard InChI is InChI=1S/C24H38N4O2/c1-20(2)25-14-10-23(11-15-25)30-22-8-6-21(7-9-22)26-16-18-28(19-17-26)24(29)27-12-4-3-5-13-27/h6-9,20,23H,3-5,10-19H2,1-2H3. The van der Waals surface area contributed by atoms with Gasteiger partial charge in [0.25, 0.3) is 0 Å². The van der Waals surface area contributed by atoms with E-state index in [9.17, 15) is 4.79 Å². The molecule has 0 N–H and O–H groups in total. The summed E-state index contributed by atoms with van der Waals surface area (Å²) in [5.74, 6) is 0.973. The number of rotatable bonds is 4. The number of ether oxygens (including phenoxy) is 1. The maximum absolute atomic E-state index is 12.7. The molecule has 3 fully saturated rings. The SMILES string of the molecule is CC(C)N1CCC(Oc2ccc(N3CCN(C(=O)N4CCCCC4)CC3)cc2)CC1. The number of urea groups is 1. The van der Waals surface area contributed by atoms with E-state index in [1.54, 1.807) is 0 Å². The van der Waals surface area contributed by atoms with E-state index in [1.165, 1.54) is 12.1 Å². The maximum atomic E-state index is 12.7. The minimum atomic E-state index is 0.238. The van der Waals surface area contributed by atoms with Crippen molar-refractivity contribution in [3.8, 4) is 5.75 Å². The van der Waals surface area contributed by atoms with Crippen molar-refractivity contribution in [3.63, 3.8) is 0 Å². The third kappa shape index (κ3) is 5.20. The highest BCUT2D eigenvalue weighted by Gasteiger charge is 2.26. The van der Waals surface area contributed by atoms with Gasteiger partial charge in [0.05, 0.1) is 0 Å². The average Bonchev–Trinajstić information content (AvgIpc) is 2.80. The van der Waals surface area contributed by atoms with Crippen LogP contribution in [0.2, 0.25) is 0 Å². The Balaban J connectivity index is 1.23. The summed E-state index contributed by atoms with van der Waals surface area (Å²) in [6.07, 6.45) is 6.09. The largest absolute Gasteiger partial charge is 0.490 e. The summed E-state index contributed by atoms with van der Waals surface area (Å²) in [5.41, 5.74) is 1.22. The Hall–Kier alpha value is -1.95. The second-order valence-corrected chi connectivity index (χ2v) is 9.25. The Labute approximate surface area is 181 Å². The van der Waals surface area contributed by atoms with E-state index in [2.05, 4.69) is 47.9 Å². The van der Waals surface area contributed by atoms with E-state index in [0.29, 0.717) is 12.1 Å². The molecule has 0 spiro atoms. The molecule has 0 aromatic heterocycles. The molecule has 1 aromatic rings. The minimum Gasteiger partial charge on any atom is -0.490 e. The molecule has 0 unspecified atom stereocenters. The Morgan fingerprint density at radius 2 is 1.43 bits per heavy atom. The summed E-state index contributed by atoms with van der Waals surface area (Å²) in [4.78, 5) is 21.7. The summed E-state index contributed by atoms with van der Waals surface area (Å²) in [6.45, 7) is 12.0. The fourth-order valence-corrected chi connectivity index (χ4v) is 4.88. The lowest BCUT2D eigenvalue weighted by Crippen LogP contribution is -2.53. The fraction of sp³-hybridized carbons (Fsp3) is 0.708. The molecule has 3 aliphatic heterocycles. The van der Waals surface area contributed by atoms with Crippen molar-refractivity contribution in [2.45, 2.75) is 58.1 Å². The highest BCUT2D eigenvalue weighted by Crippen LogP contribution is 2.24. The molecule has 0 aliphatic carbocycles. The molecule has 6 nitrogen and oxygen atoms in total. The van der Waals surface area contributed by atoms with Gasteiger partial charge >= 0.3 is 6.03 Å². The zero-order valence-corrected chi connectivity index (χ0v) is 18.8. The number of piperazine rings is 1. The number of hydrogen-bond donors (Lipinski definition) is 0. The molecule has 0 bridgehead atoms. The molecule has 0 atom stereocenters. The van der Waals surface area contributed by atoms with Crippen LogP contribution in [0.4, 0.5) is 10.5 Å². The number of nitrogens with zero attached hydrogens (tertiary/aromatic N) is 4. The van der Waals surface area contributed by atoms with Gasteiger partial charge < -0.3 is 24.3 Å². The van der Waals surface area contributed by atoms with Gasteiger partial charge in [-0.2, -0.15) is 0 Å². The normalized spacial score (nSPS) is 21.9. The molecule has 6 heteroatoms. The third-order valence-corrected chi connectivity index (χ3v) is 6.89. The number of amides is 2. The van der Waals surface area contributed by atoms with Crippen molar-refractivity contribution in [3.05, 3.63) is 24.3 Å². The maximum Gasteiger partial charge on any atom is 0.320 e. The van der Waals surface area contributed by atoms with Crippen LogP contribution < -0.4 is 9.64 Å². The van der Waals surface area contributed by atoms with Gasteiger partial charge in [0.2, 0.25) is 0 Å². The Bertz CT molecular complexity index is 671. The van der Waals surface area contributed by atoms with E-state index in [-0.39, 0.29) is 6.03 Å². The molecule has 0 saturated carbocycles. The molecule has 1 aromatic carbocycles. The van der Waals surface area contributed by atoms with E-state index in [1.807, 2.05) is 9.80 Å². The molecule has 166 valence electrons. The van der Waals surface area contributed by atoms with Crippen LogP contribution >= 0.6 is 0 Å². The van der Waals surface area contributed by atoms with Crippen molar-refractivity contribution in [1.29, 1.82) is 0 Å². The van der Waals surface area contributed by atoms with Crippen LogP contribution in [0.3, 0.4) is 0 Å². The monoisotopic (exact) mass is 414 g/mol. The number of hydrogen-bond acceptors (Lipinski definition) is 4. The second kappa shape index (κ2) is 9.90. The van der Waals surface area contributed by atoms with Gasteiger partial charge in [-0.25, -0.2) is 4.79 Å². The molecule has 3 heterocycles. The van der Waals surface area contributed by atoms with Crippen LogP contribution in [0.25, 0.3) is 0 Å². The first kappa shape index (κ1) is 21.3. The summed E-state index contributed by atoms with van der Waals surface area (Å²) in [6, 6.07) is 9.41. The van der Waals surface area contributed by atoms with Gasteiger partial charge in [-0.05, 0) is 70.2 Å². The first-order valence-corrected chi connectivity index (χ1v) is 11.9. The zero-order valence-electron chi connectivity index (χ0n) is 18.8. The predicted molar refractivity (Wildman–Crippen MR) is 121 cm³/mol. The van der Waals surface area contributed by atoms with Crippen LogP contribution in [0, 0.1) is 0 Å². The van der Waals surface area contributed by atoms with Crippen molar-refractivity contribution in [2.75, 3.05) is 57.3 Å². The number of likely N-dealkylation sites (tertiary alicyclic amines) is 2. The molecular formula is C24H38N4O2. The van der Waals surface area contributed by atoms with Crippen LogP contribution in [0.15, 0.2) is 24.3 Å². The van der Waals surface area contributed by atoms with Gasteiger partial charge in [-0.3, -0.25) is 0 Å². The van der Waals surface area contributed by atoms with Gasteiger partial charge in [0.15, 0.2) is 0 Å².